The Morgan fingerprint density at radius 3 is 2.20 bits per heavy atom. The first-order chi connectivity index (χ1) is 21.5. The van der Waals surface area contributed by atoms with Crippen LogP contribution < -0.4 is 10.6 Å². The second-order valence-corrected chi connectivity index (χ2v) is 13.2. The lowest BCUT2D eigenvalue weighted by Gasteiger charge is -2.39. The number of esters is 1. The van der Waals surface area contributed by atoms with Crippen LogP contribution in [0.3, 0.4) is 0 Å². The predicted molar refractivity (Wildman–Crippen MR) is 178 cm³/mol. The number of hydrogen-bond acceptors (Lipinski definition) is 7. The molecule has 0 radical (unpaired) electrons. The monoisotopic (exact) mass is 639 g/mol. The molecule has 10 heteroatoms. The molecule has 3 amide bonds. The highest BCUT2D eigenvalue weighted by molar-refractivity contribution is 5.93. The summed E-state index contributed by atoms with van der Waals surface area (Å²) in [5.41, 5.74) is 2.28. The molecule has 0 heterocycles. The Hall–Kier alpha value is -4.08. The molecule has 0 bridgehead atoms. The van der Waals surface area contributed by atoms with E-state index < -0.39 is 47.6 Å². The fourth-order valence-electron chi connectivity index (χ4n) is 5.10. The van der Waals surface area contributed by atoms with Crippen molar-refractivity contribution < 1.29 is 33.8 Å². The third-order valence-electron chi connectivity index (χ3n) is 7.45. The molecule has 0 aliphatic heterocycles. The van der Waals surface area contributed by atoms with E-state index in [0.717, 1.165) is 17.5 Å². The minimum absolute atomic E-state index is 0.0143. The topological polar surface area (TPSA) is 134 Å². The molecule has 2 rings (SSSR count). The lowest BCUT2D eigenvalue weighted by atomic mass is 9.93. The molecular weight excluding hydrogens is 586 g/mol. The SMILES string of the molecule is CCOC(=O)CCNC(=O)C(c1cc(C)ccc1C)N(C(=O)C(Cc1ccc(O)cc1)NC(=O)OC(C)(C)C)C(C)CCC(C)C. The number of aryl methyl sites for hydroxylation is 2. The first kappa shape index (κ1) is 38.1. The number of nitrogens with one attached hydrogen (secondary N) is 2. The lowest BCUT2D eigenvalue weighted by molar-refractivity contribution is -0.146. The molecule has 46 heavy (non-hydrogen) atoms. The molecule has 3 unspecified atom stereocenters. The minimum Gasteiger partial charge on any atom is -0.508 e. The standard InChI is InChI=1S/C36H53N3O7/c1-10-45-31(41)19-20-37-33(42)32(29-21-24(4)12-13-25(29)5)39(26(6)14-11-23(2)3)34(43)30(38-35(44)46-36(7,8)9)22-27-15-17-28(40)18-16-27/h12-13,15-18,21,23,26,30,32,40H,10-11,14,19-20,22H2,1-9H3,(H,37,42)(H,38,44). The van der Waals surface area contributed by atoms with Gasteiger partial charge in [0.05, 0.1) is 13.0 Å². The Morgan fingerprint density at radius 2 is 1.61 bits per heavy atom. The van der Waals surface area contributed by atoms with E-state index in [0.29, 0.717) is 23.5 Å². The summed E-state index contributed by atoms with van der Waals surface area (Å²) in [5.74, 6) is -0.903. The van der Waals surface area contributed by atoms with Crippen molar-refractivity contribution >= 4 is 23.9 Å². The molecule has 0 spiro atoms. The van der Waals surface area contributed by atoms with E-state index in [4.69, 9.17) is 9.47 Å². The number of carbonyl (C=O) groups is 4. The lowest BCUT2D eigenvalue weighted by Crippen LogP contribution is -2.56. The zero-order valence-corrected chi connectivity index (χ0v) is 28.9. The number of phenols is 1. The second kappa shape index (κ2) is 17.6. The van der Waals surface area contributed by atoms with Gasteiger partial charge in [-0.15, -0.1) is 0 Å². The maximum Gasteiger partial charge on any atom is 0.408 e. The first-order valence-electron chi connectivity index (χ1n) is 16.1. The molecule has 2 aromatic carbocycles. The molecule has 10 nitrogen and oxygen atoms in total. The summed E-state index contributed by atoms with van der Waals surface area (Å²) < 4.78 is 10.6. The van der Waals surface area contributed by atoms with Gasteiger partial charge in [-0.1, -0.05) is 49.7 Å². The van der Waals surface area contributed by atoms with Crippen molar-refractivity contribution in [2.45, 2.75) is 112 Å². The number of phenolic OH excluding ortho intramolecular Hbond substituents is 1. The molecule has 254 valence electrons. The van der Waals surface area contributed by atoms with E-state index in [1.54, 1.807) is 44.7 Å². The van der Waals surface area contributed by atoms with Crippen LogP contribution in [-0.2, 0) is 30.3 Å². The molecule has 3 atom stereocenters. The third kappa shape index (κ3) is 12.4. The average Bonchev–Trinajstić information content (AvgIpc) is 2.95. The number of carbonyl (C=O) groups excluding carboxylic acids is 4. The number of aromatic hydroxyl groups is 1. The smallest absolute Gasteiger partial charge is 0.408 e. The molecule has 0 aliphatic carbocycles. The highest BCUT2D eigenvalue weighted by atomic mass is 16.6. The van der Waals surface area contributed by atoms with Gasteiger partial charge < -0.3 is 30.1 Å². The summed E-state index contributed by atoms with van der Waals surface area (Å²) in [7, 11) is 0. The van der Waals surface area contributed by atoms with Crippen LogP contribution in [0.5, 0.6) is 5.75 Å². The number of benzene rings is 2. The molecule has 0 saturated heterocycles. The number of amides is 3. The van der Waals surface area contributed by atoms with Crippen LogP contribution in [0.2, 0.25) is 0 Å². The van der Waals surface area contributed by atoms with Gasteiger partial charge in [0.2, 0.25) is 11.8 Å². The van der Waals surface area contributed by atoms with Gasteiger partial charge in [-0.25, -0.2) is 4.79 Å². The highest BCUT2D eigenvalue weighted by Gasteiger charge is 2.39. The summed E-state index contributed by atoms with van der Waals surface area (Å²) in [6.07, 6.45) is 0.729. The Labute approximate surface area is 274 Å². The summed E-state index contributed by atoms with van der Waals surface area (Å²) >= 11 is 0. The molecular formula is C36H53N3O7. The van der Waals surface area contributed by atoms with Crippen LogP contribution in [0.1, 0.15) is 96.0 Å². The Morgan fingerprint density at radius 1 is 0.957 bits per heavy atom. The van der Waals surface area contributed by atoms with E-state index in [1.165, 1.54) is 12.1 Å². The normalized spacial score (nSPS) is 13.3. The fourth-order valence-corrected chi connectivity index (χ4v) is 5.10. The van der Waals surface area contributed by atoms with Crippen molar-refractivity contribution in [1.82, 2.24) is 15.5 Å². The fraction of sp³-hybridized carbons (Fsp3) is 0.556. The van der Waals surface area contributed by atoms with E-state index in [2.05, 4.69) is 24.5 Å². The van der Waals surface area contributed by atoms with Gasteiger partial charge >= 0.3 is 12.1 Å². The Bertz CT molecular complexity index is 1320. The largest absolute Gasteiger partial charge is 0.508 e. The Balaban J connectivity index is 2.67. The average molecular weight is 640 g/mol. The number of alkyl carbamates (subject to hydrolysis) is 1. The van der Waals surface area contributed by atoms with Crippen LogP contribution in [0.4, 0.5) is 4.79 Å². The van der Waals surface area contributed by atoms with Crippen LogP contribution >= 0.6 is 0 Å². The van der Waals surface area contributed by atoms with Crippen LogP contribution in [0.25, 0.3) is 0 Å². The van der Waals surface area contributed by atoms with Crippen molar-refractivity contribution in [3.8, 4) is 5.75 Å². The van der Waals surface area contributed by atoms with Gasteiger partial charge in [-0.2, -0.15) is 0 Å². The molecule has 0 aliphatic rings. The van der Waals surface area contributed by atoms with Crippen LogP contribution in [0.15, 0.2) is 42.5 Å². The molecule has 2 aromatic rings. The van der Waals surface area contributed by atoms with Crippen molar-refractivity contribution in [1.29, 1.82) is 0 Å². The number of ether oxygens (including phenoxy) is 2. The number of nitrogens with zero attached hydrogens (tertiary/aromatic N) is 1. The first-order valence-corrected chi connectivity index (χ1v) is 16.1. The zero-order chi connectivity index (χ0) is 34.6. The molecule has 3 N–H and O–H groups in total. The van der Waals surface area contributed by atoms with E-state index in [-0.39, 0.29) is 31.7 Å². The third-order valence-corrected chi connectivity index (χ3v) is 7.45. The quantitative estimate of drug-likeness (QED) is 0.206. The molecule has 0 fully saturated rings. The van der Waals surface area contributed by atoms with Gasteiger partial charge in [0.1, 0.15) is 23.4 Å². The molecule has 0 saturated carbocycles. The van der Waals surface area contributed by atoms with E-state index in [9.17, 15) is 24.3 Å². The summed E-state index contributed by atoms with van der Waals surface area (Å²) in [6, 6.07) is 9.60. The van der Waals surface area contributed by atoms with Gasteiger partial charge in [-0.3, -0.25) is 14.4 Å². The maximum absolute atomic E-state index is 14.8. The van der Waals surface area contributed by atoms with E-state index in [1.807, 2.05) is 39.0 Å². The van der Waals surface area contributed by atoms with Crippen LogP contribution in [-0.4, -0.2) is 64.7 Å². The van der Waals surface area contributed by atoms with Gasteiger partial charge in [0.25, 0.3) is 0 Å². The van der Waals surface area contributed by atoms with Gasteiger partial charge in [-0.05, 0) is 96.0 Å². The number of hydrogen-bond donors (Lipinski definition) is 3. The number of rotatable bonds is 15. The Kier molecular flexibility index (Phi) is 14.6. The summed E-state index contributed by atoms with van der Waals surface area (Å²) in [4.78, 5) is 55.7. The van der Waals surface area contributed by atoms with Crippen molar-refractivity contribution in [3.05, 3.63) is 64.7 Å². The van der Waals surface area contributed by atoms with E-state index >= 15 is 0 Å². The van der Waals surface area contributed by atoms with Crippen LogP contribution in [0, 0.1) is 19.8 Å². The van der Waals surface area contributed by atoms with Crippen molar-refractivity contribution in [2.24, 2.45) is 5.92 Å². The van der Waals surface area contributed by atoms with Crippen molar-refractivity contribution in [3.63, 3.8) is 0 Å². The summed E-state index contributed by atoms with van der Waals surface area (Å²) in [6.45, 7) is 17.1. The maximum atomic E-state index is 14.8. The van der Waals surface area contributed by atoms with Gasteiger partial charge in [0.15, 0.2) is 0 Å². The van der Waals surface area contributed by atoms with Gasteiger partial charge in [0, 0.05) is 19.0 Å². The minimum atomic E-state index is -1.10. The predicted octanol–water partition coefficient (Wildman–Crippen LogP) is 5.91. The molecule has 0 aromatic heterocycles. The second-order valence-electron chi connectivity index (χ2n) is 13.2. The highest BCUT2D eigenvalue weighted by Crippen LogP contribution is 2.31. The van der Waals surface area contributed by atoms with Crippen molar-refractivity contribution in [2.75, 3.05) is 13.2 Å². The zero-order valence-electron chi connectivity index (χ0n) is 28.9. The summed E-state index contributed by atoms with van der Waals surface area (Å²) in [5, 5.41) is 15.5.